The summed E-state index contributed by atoms with van der Waals surface area (Å²) in [6, 6.07) is 6.15. The largest absolute Gasteiger partial charge is 0.294 e. The third-order valence-electron chi connectivity index (χ3n) is 3.24. The lowest BCUT2D eigenvalue weighted by atomic mass is 9.77. The standard InChI is InChI=1S/C13H17FN2O/c1-13(2)11(15(3)4)16(12(13)17)10-7-5-6-9(14)8-10/h5-8,11H,1-4H3. The SMILES string of the molecule is CN(C)C1N(c2cccc(F)c2)C(=O)C1(C)C. The van der Waals surface area contributed by atoms with Crippen LogP contribution in [0.2, 0.25) is 0 Å². The predicted octanol–water partition coefficient (Wildman–Crippen LogP) is 2.09. The molecule has 92 valence electrons. The fourth-order valence-corrected chi connectivity index (χ4v) is 2.55. The summed E-state index contributed by atoms with van der Waals surface area (Å²) in [5.74, 6) is -0.292. The van der Waals surface area contributed by atoms with Crippen LogP contribution in [-0.2, 0) is 4.79 Å². The first-order valence-corrected chi connectivity index (χ1v) is 5.61. The summed E-state index contributed by atoms with van der Waals surface area (Å²) in [6.45, 7) is 3.82. The molecule has 0 saturated carbocycles. The zero-order valence-corrected chi connectivity index (χ0v) is 10.6. The Labute approximate surface area is 101 Å². The molecular weight excluding hydrogens is 219 g/mol. The van der Waals surface area contributed by atoms with Gasteiger partial charge >= 0.3 is 0 Å². The van der Waals surface area contributed by atoms with Crippen molar-refractivity contribution in [1.82, 2.24) is 4.90 Å². The Morgan fingerprint density at radius 1 is 1.35 bits per heavy atom. The van der Waals surface area contributed by atoms with Gasteiger partial charge in [-0.25, -0.2) is 4.39 Å². The molecule has 1 aliphatic rings. The van der Waals surface area contributed by atoms with E-state index in [4.69, 9.17) is 0 Å². The number of carbonyl (C=O) groups is 1. The van der Waals surface area contributed by atoms with Gasteiger partial charge < -0.3 is 0 Å². The van der Waals surface area contributed by atoms with Crippen LogP contribution in [0.25, 0.3) is 0 Å². The number of rotatable bonds is 2. The minimum Gasteiger partial charge on any atom is -0.294 e. The first-order chi connectivity index (χ1) is 7.85. The van der Waals surface area contributed by atoms with Crippen molar-refractivity contribution >= 4 is 11.6 Å². The molecular formula is C13H17FN2O. The molecule has 1 unspecified atom stereocenters. The van der Waals surface area contributed by atoms with Gasteiger partial charge in [-0.3, -0.25) is 14.6 Å². The third-order valence-corrected chi connectivity index (χ3v) is 3.24. The second kappa shape index (κ2) is 3.81. The molecule has 1 atom stereocenters. The van der Waals surface area contributed by atoms with Crippen molar-refractivity contribution in [3.05, 3.63) is 30.1 Å². The quantitative estimate of drug-likeness (QED) is 0.734. The number of nitrogens with zero attached hydrogens (tertiary/aromatic N) is 2. The van der Waals surface area contributed by atoms with Gasteiger partial charge in [-0.15, -0.1) is 0 Å². The molecule has 3 nitrogen and oxygen atoms in total. The van der Waals surface area contributed by atoms with E-state index in [1.54, 1.807) is 17.0 Å². The van der Waals surface area contributed by atoms with Gasteiger partial charge in [0.05, 0.1) is 5.41 Å². The number of halogens is 1. The van der Waals surface area contributed by atoms with E-state index in [-0.39, 0.29) is 17.9 Å². The van der Waals surface area contributed by atoms with E-state index < -0.39 is 5.41 Å². The number of anilines is 1. The maximum atomic E-state index is 13.2. The molecule has 1 fully saturated rings. The van der Waals surface area contributed by atoms with Gasteiger partial charge in [-0.05, 0) is 46.1 Å². The molecule has 0 aromatic heterocycles. The Bertz CT molecular complexity index is 456. The highest BCUT2D eigenvalue weighted by molar-refractivity contribution is 6.05. The minimum absolute atomic E-state index is 0.0294. The van der Waals surface area contributed by atoms with Gasteiger partial charge in [0, 0.05) is 5.69 Å². The van der Waals surface area contributed by atoms with E-state index in [0.29, 0.717) is 5.69 Å². The van der Waals surface area contributed by atoms with Crippen molar-refractivity contribution in [2.24, 2.45) is 5.41 Å². The second-order valence-electron chi connectivity index (χ2n) is 5.21. The summed E-state index contributed by atoms with van der Waals surface area (Å²) in [4.78, 5) is 15.7. The van der Waals surface area contributed by atoms with Crippen LogP contribution in [0.3, 0.4) is 0 Å². The first-order valence-electron chi connectivity index (χ1n) is 5.61. The molecule has 1 heterocycles. The van der Waals surface area contributed by atoms with Crippen LogP contribution in [0.4, 0.5) is 10.1 Å². The van der Waals surface area contributed by atoms with E-state index in [1.807, 2.05) is 32.8 Å². The average Bonchev–Trinajstić information content (AvgIpc) is 2.24. The molecule has 2 rings (SSSR count). The van der Waals surface area contributed by atoms with Gasteiger partial charge in [-0.2, -0.15) is 0 Å². The molecule has 0 aliphatic carbocycles. The molecule has 0 bridgehead atoms. The smallest absolute Gasteiger partial charge is 0.237 e. The van der Waals surface area contributed by atoms with Crippen LogP contribution in [0.5, 0.6) is 0 Å². The Morgan fingerprint density at radius 3 is 2.53 bits per heavy atom. The van der Waals surface area contributed by atoms with Gasteiger partial charge in [0.15, 0.2) is 0 Å². The van der Waals surface area contributed by atoms with Crippen molar-refractivity contribution < 1.29 is 9.18 Å². The van der Waals surface area contributed by atoms with E-state index in [0.717, 1.165) is 0 Å². The summed E-state index contributed by atoms with van der Waals surface area (Å²) < 4.78 is 13.2. The van der Waals surface area contributed by atoms with E-state index in [9.17, 15) is 9.18 Å². The fourth-order valence-electron chi connectivity index (χ4n) is 2.55. The zero-order chi connectivity index (χ0) is 12.8. The molecule has 1 amide bonds. The topological polar surface area (TPSA) is 23.6 Å². The normalized spacial score (nSPS) is 22.8. The molecule has 1 aromatic rings. The van der Waals surface area contributed by atoms with Crippen LogP contribution in [0.1, 0.15) is 13.8 Å². The van der Waals surface area contributed by atoms with Crippen LogP contribution < -0.4 is 4.90 Å². The molecule has 17 heavy (non-hydrogen) atoms. The number of hydrogen-bond acceptors (Lipinski definition) is 2. The Balaban J connectivity index is 2.36. The molecule has 1 aromatic carbocycles. The van der Waals surface area contributed by atoms with Crippen LogP contribution in [0, 0.1) is 11.2 Å². The summed E-state index contributed by atoms with van der Waals surface area (Å²) in [6.07, 6.45) is -0.0307. The summed E-state index contributed by atoms with van der Waals surface area (Å²) in [5, 5.41) is 0. The lowest BCUT2D eigenvalue weighted by molar-refractivity contribution is -0.142. The molecule has 4 heteroatoms. The van der Waals surface area contributed by atoms with Gasteiger partial charge in [0.2, 0.25) is 5.91 Å². The summed E-state index contributed by atoms with van der Waals surface area (Å²) in [5.41, 5.74) is 0.198. The van der Waals surface area contributed by atoms with Crippen molar-refractivity contribution in [3.8, 4) is 0 Å². The maximum Gasteiger partial charge on any atom is 0.237 e. The zero-order valence-electron chi connectivity index (χ0n) is 10.6. The second-order valence-corrected chi connectivity index (χ2v) is 5.21. The molecule has 1 saturated heterocycles. The molecule has 0 radical (unpaired) electrons. The molecule has 0 spiro atoms. The lowest BCUT2D eigenvalue weighted by Gasteiger charge is -2.55. The van der Waals surface area contributed by atoms with Crippen LogP contribution >= 0.6 is 0 Å². The minimum atomic E-state index is -0.421. The highest BCUT2D eigenvalue weighted by Gasteiger charge is 2.55. The predicted molar refractivity (Wildman–Crippen MR) is 65.1 cm³/mol. The van der Waals surface area contributed by atoms with Crippen molar-refractivity contribution in [1.29, 1.82) is 0 Å². The number of β-lactam (4-membered cyclic amide) rings is 1. The average molecular weight is 236 g/mol. The van der Waals surface area contributed by atoms with Gasteiger partial charge in [0.25, 0.3) is 0 Å². The van der Waals surface area contributed by atoms with E-state index >= 15 is 0 Å². The Kier molecular flexibility index (Phi) is 2.70. The van der Waals surface area contributed by atoms with Crippen LogP contribution in [-0.4, -0.2) is 31.1 Å². The Morgan fingerprint density at radius 2 is 2.00 bits per heavy atom. The van der Waals surface area contributed by atoms with Gasteiger partial charge in [-0.1, -0.05) is 6.07 Å². The summed E-state index contributed by atoms with van der Waals surface area (Å²) >= 11 is 0. The Hall–Kier alpha value is -1.42. The van der Waals surface area contributed by atoms with Crippen LogP contribution in [0.15, 0.2) is 24.3 Å². The highest BCUT2D eigenvalue weighted by Crippen LogP contribution is 2.42. The molecule has 1 aliphatic heterocycles. The van der Waals surface area contributed by atoms with E-state index in [1.165, 1.54) is 12.1 Å². The first kappa shape index (κ1) is 12.0. The van der Waals surface area contributed by atoms with E-state index in [2.05, 4.69) is 0 Å². The number of benzene rings is 1. The third kappa shape index (κ3) is 1.72. The highest BCUT2D eigenvalue weighted by atomic mass is 19.1. The maximum absolute atomic E-state index is 13.2. The van der Waals surface area contributed by atoms with Crippen molar-refractivity contribution in [3.63, 3.8) is 0 Å². The lowest BCUT2D eigenvalue weighted by Crippen LogP contribution is -2.71. The number of amides is 1. The van der Waals surface area contributed by atoms with Crippen molar-refractivity contribution in [2.75, 3.05) is 19.0 Å². The number of carbonyl (C=O) groups excluding carboxylic acids is 1. The van der Waals surface area contributed by atoms with Gasteiger partial charge in [0.1, 0.15) is 12.0 Å². The number of hydrogen-bond donors (Lipinski definition) is 0. The summed E-state index contributed by atoms with van der Waals surface area (Å²) in [7, 11) is 3.84. The van der Waals surface area contributed by atoms with Crippen molar-refractivity contribution in [2.45, 2.75) is 20.0 Å². The molecule has 0 N–H and O–H groups in total. The fraction of sp³-hybridized carbons (Fsp3) is 0.462. The monoisotopic (exact) mass is 236 g/mol.